The Morgan fingerprint density at radius 2 is 2.07 bits per heavy atom. The minimum absolute atomic E-state index is 0.342. The molecule has 0 radical (unpaired) electrons. The number of carbonyl (C=O) groups is 1. The summed E-state index contributed by atoms with van der Waals surface area (Å²) in [6, 6.07) is 6.17. The first-order chi connectivity index (χ1) is 12.6. The van der Waals surface area contributed by atoms with Gasteiger partial charge in [-0.25, -0.2) is 13.1 Å². The van der Waals surface area contributed by atoms with Crippen molar-refractivity contribution in [3.8, 4) is 0 Å². The van der Waals surface area contributed by atoms with Crippen molar-refractivity contribution < 1.29 is 26.4 Å². The lowest BCUT2D eigenvalue weighted by Crippen LogP contribution is -2.46. The Hall–Kier alpha value is -1.72. The average molecular weight is 466 g/mol. The predicted octanol–water partition coefficient (Wildman–Crippen LogP) is 3.04. The molecule has 1 atom stereocenters. The number of amides is 1. The highest BCUT2D eigenvalue weighted by Crippen LogP contribution is 2.27. The van der Waals surface area contributed by atoms with Gasteiger partial charge in [-0.15, -0.1) is 0 Å². The fraction of sp³-hybridized carbons (Fsp3) is 0.375. The van der Waals surface area contributed by atoms with Gasteiger partial charge in [0.05, 0.1) is 11.1 Å². The second-order valence-corrected chi connectivity index (χ2v) is 8.79. The van der Waals surface area contributed by atoms with Gasteiger partial charge in [0.15, 0.2) is 0 Å². The lowest BCUT2D eigenvalue weighted by molar-refractivity contribution is -0.0448. The molecular formula is C16H15BrF3N3O3S. The molecule has 1 aliphatic rings. The standard InChI is InChI=1S/C16H15BrF3N3O3S/c17-10-3-4-14-13(8-10)12(5-6-21-14)15(24)23-7-1-2-11(23)9-22-27(25,26)16(18,19)20/h3-6,8,11,22H,1-2,7,9H2/t11-/m0/s1. The molecule has 0 saturated carbocycles. The molecule has 0 unspecified atom stereocenters. The first-order valence-corrected chi connectivity index (χ1v) is 10.3. The number of carbonyl (C=O) groups excluding carboxylic acids is 1. The van der Waals surface area contributed by atoms with Crippen molar-refractivity contribution in [2.45, 2.75) is 24.4 Å². The van der Waals surface area contributed by atoms with E-state index in [-0.39, 0.29) is 5.91 Å². The van der Waals surface area contributed by atoms with Crippen LogP contribution in [0.5, 0.6) is 0 Å². The van der Waals surface area contributed by atoms with Crippen LogP contribution in [0.3, 0.4) is 0 Å². The highest BCUT2D eigenvalue weighted by Gasteiger charge is 2.46. The Morgan fingerprint density at radius 3 is 2.78 bits per heavy atom. The number of fused-ring (bicyclic) bond motifs is 1. The first kappa shape index (κ1) is 20.0. The SMILES string of the molecule is O=C(c1ccnc2ccc(Br)cc12)N1CCC[C@H]1CNS(=O)(=O)C(F)(F)F. The predicted molar refractivity (Wildman–Crippen MR) is 96.5 cm³/mol. The summed E-state index contributed by atoms with van der Waals surface area (Å²) in [7, 11) is -5.44. The van der Waals surface area contributed by atoms with E-state index in [0.29, 0.717) is 35.9 Å². The molecule has 3 rings (SSSR count). The topological polar surface area (TPSA) is 79.4 Å². The van der Waals surface area contributed by atoms with E-state index in [0.717, 1.165) is 4.47 Å². The van der Waals surface area contributed by atoms with Crippen LogP contribution in [0.1, 0.15) is 23.2 Å². The summed E-state index contributed by atoms with van der Waals surface area (Å²) in [5.41, 5.74) is -4.40. The smallest absolute Gasteiger partial charge is 0.334 e. The zero-order chi connectivity index (χ0) is 19.8. The molecule has 1 N–H and O–H groups in total. The second-order valence-electron chi connectivity index (χ2n) is 6.11. The van der Waals surface area contributed by atoms with Crippen molar-refractivity contribution in [1.29, 1.82) is 0 Å². The molecule has 6 nitrogen and oxygen atoms in total. The van der Waals surface area contributed by atoms with Crippen LogP contribution < -0.4 is 4.72 Å². The van der Waals surface area contributed by atoms with Gasteiger partial charge in [0.25, 0.3) is 5.91 Å². The lowest BCUT2D eigenvalue weighted by Gasteiger charge is -2.25. The van der Waals surface area contributed by atoms with Crippen molar-refractivity contribution in [1.82, 2.24) is 14.6 Å². The molecule has 2 heterocycles. The van der Waals surface area contributed by atoms with Gasteiger partial charge in [0.2, 0.25) is 0 Å². The number of pyridine rings is 1. The quantitative estimate of drug-likeness (QED) is 0.752. The normalized spacial score (nSPS) is 18.2. The van der Waals surface area contributed by atoms with Crippen LogP contribution in [0.15, 0.2) is 34.9 Å². The van der Waals surface area contributed by atoms with Crippen LogP contribution in [-0.2, 0) is 10.0 Å². The third-order valence-corrected chi connectivity index (χ3v) is 6.04. The number of benzene rings is 1. The summed E-state index contributed by atoms with van der Waals surface area (Å²) < 4.78 is 62.2. The minimum atomic E-state index is -5.44. The Balaban J connectivity index is 1.84. The number of halogens is 4. The molecule has 1 aromatic carbocycles. The molecular weight excluding hydrogens is 451 g/mol. The molecule has 1 aliphatic heterocycles. The maximum absolute atomic E-state index is 13.0. The fourth-order valence-corrected chi connectivity index (χ4v) is 4.00. The summed E-state index contributed by atoms with van der Waals surface area (Å²) in [5, 5.41) is 0.610. The number of hydrogen-bond acceptors (Lipinski definition) is 4. The molecule has 0 spiro atoms. The van der Waals surface area contributed by atoms with E-state index in [1.807, 2.05) is 0 Å². The third kappa shape index (κ3) is 4.09. The van der Waals surface area contributed by atoms with Crippen molar-refractivity contribution in [2.75, 3.05) is 13.1 Å². The van der Waals surface area contributed by atoms with Gasteiger partial charge >= 0.3 is 15.5 Å². The average Bonchev–Trinajstić information content (AvgIpc) is 3.06. The number of likely N-dealkylation sites (tertiary alicyclic amines) is 1. The van der Waals surface area contributed by atoms with Gasteiger partial charge in [-0.1, -0.05) is 15.9 Å². The van der Waals surface area contributed by atoms with E-state index in [4.69, 9.17) is 0 Å². The van der Waals surface area contributed by atoms with E-state index in [9.17, 15) is 26.4 Å². The summed E-state index contributed by atoms with van der Waals surface area (Å²) >= 11 is 3.34. The van der Waals surface area contributed by atoms with Crippen LogP contribution in [0, 0.1) is 0 Å². The molecule has 27 heavy (non-hydrogen) atoms. The Kier molecular flexibility index (Phi) is 5.46. The number of nitrogens with zero attached hydrogens (tertiary/aromatic N) is 2. The van der Waals surface area contributed by atoms with Crippen molar-refractivity contribution in [2.24, 2.45) is 0 Å². The zero-order valence-corrected chi connectivity index (χ0v) is 16.2. The number of sulfonamides is 1. The fourth-order valence-electron chi connectivity index (χ4n) is 3.06. The van der Waals surface area contributed by atoms with E-state index in [1.54, 1.807) is 29.0 Å². The third-order valence-electron chi connectivity index (χ3n) is 4.39. The lowest BCUT2D eigenvalue weighted by atomic mass is 10.1. The van der Waals surface area contributed by atoms with Crippen LogP contribution in [0.2, 0.25) is 0 Å². The molecule has 0 aliphatic carbocycles. The van der Waals surface area contributed by atoms with Gasteiger partial charge in [-0.3, -0.25) is 9.78 Å². The summed E-state index contributed by atoms with van der Waals surface area (Å²) in [6.45, 7) is -0.143. The van der Waals surface area contributed by atoms with Crippen LogP contribution in [0.4, 0.5) is 13.2 Å². The van der Waals surface area contributed by atoms with Crippen molar-refractivity contribution in [3.63, 3.8) is 0 Å². The van der Waals surface area contributed by atoms with Gasteiger partial charge in [-0.05, 0) is 37.1 Å². The van der Waals surface area contributed by atoms with Gasteiger partial charge in [0, 0.05) is 35.2 Å². The summed E-state index contributed by atoms with van der Waals surface area (Å²) in [6.07, 6.45) is 2.48. The number of alkyl halides is 3. The number of hydrogen-bond donors (Lipinski definition) is 1. The van der Waals surface area contributed by atoms with Crippen molar-refractivity contribution in [3.05, 3.63) is 40.5 Å². The number of nitrogens with one attached hydrogen (secondary N) is 1. The highest BCUT2D eigenvalue weighted by molar-refractivity contribution is 9.10. The van der Waals surface area contributed by atoms with E-state index in [2.05, 4.69) is 20.9 Å². The molecule has 11 heteroatoms. The van der Waals surface area contributed by atoms with Gasteiger partial charge in [0.1, 0.15) is 0 Å². The maximum atomic E-state index is 13.0. The molecule has 1 fully saturated rings. The second kappa shape index (κ2) is 7.36. The highest BCUT2D eigenvalue weighted by atomic mass is 79.9. The van der Waals surface area contributed by atoms with Gasteiger partial charge < -0.3 is 4.90 Å². The zero-order valence-electron chi connectivity index (χ0n) is 13.8. The molecule has 1 saturated heterocycles. The van der Waals surface area contributed by atoms with Crippen LogP contribution in [-0.4, -0.2) is 48.8 Å². The Morgan fingerprint density at radius 1 is 1.33 bits per heavy atom. The maximum Gasteiger partial charge on any atom is 0.511 e. The molecule has 1 amide bonds. The summed E-state index contributed by atoms with van der Waals surface area (Å²) in [4.78, 5) is 18.6. The number of rotatable bonds is 4. The first-order valence-electron chi connectivity index (χ1n) is 8.01. The van der Waals surface area contributed by atoms with Gasteiger partial charge in [-0.2, -0.15) is 13.2 Å². The molecule has 2 aromatic rings. The van der Waals surface area contributed by atoms with E-state index >= 15 is 0 Å². The largest absolute Gasteiger partial charge is 0.511 e. The van der Waals surface area contributed by atoms with E-state index in [1.165, 1.54) is 11.1 Å². The van der Waals surface area contributed by atoms with Crippen molar-refractivity contribution >= 4 is 42.8 Å². The Labute approximate surface area is 161 Å². The molecule has 0 bridgehead atoms. The molecule has 1 aromatic heterocycles. The monoisotopic (exact) mass is 465 g/mol. The van der Waals surface area contributed by atoms with Crippen LogP contribution in [0.25, 0.3) is 10.9 Å². The summed E-state index contributed by atoms with van der Waals surface area (Å²) in [5.74, 6) is -0.366. The number of aromatic nitrogens is 1. The minimum Gasteiger partial charge on any atom is -0.334 e. The van der Waals surface area contributed by atoms with Crippen LogP contribution >= 0.6 is 15.9 Å². The molecule has 146 valence electrons. The van der Waals surface area contributed by atoms with E-state index < -0.39 is 28.1 Å². The Bertz CT molecular complexity index is 982.